The average molecular weight is 285 g/mol. The quantitative estimate of drug-likeness (QED) is 0.741. The highest BCUT2D eigenvalue weighted by atomic mass is 35.5. The lowest BCUT2D eigenvalue weighted by atomic mass is 10.1. The predicted octanol–water partition coefficient (Wildman–Crippen LogP) is 4.65. The Morgan fingerprint density at radius 2 is 1.90 bits per heavy atom. The molecule has 0 bridgehead atoms. The van der Waals surface area contributed by atoms with Gasteiger partial charge in [-0.15, -0.1) is 0 Å². The molecule has 101 valence electrons. The van der Waals surface area contributed by atoms with Crippen LogP contribution in [0.1, 0.15) is 5.56 Å². The maximum Gasteiger partial charge on any atom is 0.129 e. The molecule has 2 nitrogen and oxygen atoms in total. The molecular weight excluding hydrogens is 270 g/mol. The Hall–Kier alpha value is -1.93. The van der Waals surface area contributed by atoms with Crippen LogP contribution in [0.5, 0.6) is 5.75 Å². The number of H-pyrrole nitrogens is 1. The number of nitrogens with one attached hydrogen (secondary N) is 1. The third-order valence-electron chi connectivity index (χ3n) is 3.23. The molecule has 0 saturated heterocycles. The normalized spacial score (nSPS) is 12.5. The van der Waals surface area contributed by atoms with E-state index in [9.17, 15) is 0 Å². The van der Waals surface area contributed by atoms with Gasteiger partial charge in [-0.05, 0) is 30.7 Å². The van der Waals surface area contributed by atoms with Gasteiger partial charge in [0, 0.05) is 18.0 Å². The molecule has 0 amide bonds. The molecule has 2 aromatic carbocycles. The summed E-state index contributed by atoms with van der Waals surface area (Å²) in [5.41, 5.74) is 2.11. The number of benzene rings is 2. The summed E-state index contributed by atoms with van der Waals surface area (Å²) < 4.78 is 5.96. The molecule has 3 heteroatoms. The van der Waals surface area contributed by atoms with Crippen LogP contribution >= 0.6 is 11.6 Å². The van der Waals surface area contributed by atoms with E-state index in [4.69, 9.17) is 16.3 Å². The van der Waals surface area contributed by atoms with Gasteiger partial charge in [-0.1, -0.05) is 41.9 Å². The van der Waals surface area contributed by atoms with Crippen molar-refractivity contribution in [3.8, 4) is 5.75 Å². The summed E-state index contributed by atoms with van der Waals surface area (Å²) >= 11 is 6.13. The lowest BCUT2D eigenvalue weighted by Gasteiger charge is -2.15. The smallest absolute Gasteiger partial charge is 0.129 e. The van der Waals surface area contributed by atoms with Gasteiger partial charge < -0.3 is 9.72 Å². The minimum atomic E-state index is -0.142. The largest absolute Gasteiger partial charge is 0.489 e. The molecule has 1 radical (unpaired) electrons. The average Bonchev–Trinajstić information content (AvgIpc) is 2.93. The van der Waals surface area contributed by atoms with Crippen LogP contribution in [0.3, 0.4) is 0 Å². The van der Waals surface area contributed by atoms with Crippen LogP contribution in [0, 0.1) is 6.92 Å². The van der Waals surface area contributed by atoms with E-state index in [1.807, 2.05) is 42.6 Å². The van der Waals surface area contributed by atoms with Crippen molar-refractivity contribution in [2.24, 2.45) is 0 Å². The van der Waals surface area contributed by atoms with Crippen molar-refractivity contribution < 1.29 is 4.74 Å². The zero-order valence-electron chi connectivity index (χ0n) is 11.0. The van der Waals surface area contributed by atoms with E-state index in [1.54, 1.807) is 0 Å². The summed E-state index contributed by atoms with van der Waals surface area (Å²) in [6.45, 7) is 4.08. The van der Waals surface area contributed by atoms with Crippen LogP contribution in [-0.2, 0) is 6.42 Å². The zero-order chi connectivity index (χ0) is 13.9. The summed E-state index contributed by atoms with van der Waals surface area (Å²) in [5.74, 6) is 0.807. The second-order valence-electron chi connectivity index (χ2n) is 4.74. The summed E-state index contributed by atoms with van der Waals surface area (Å²) in [6, 6.07) is 15.9. The van der Waals surface area contributed by atoms with Gasteiger partial charge in [0.2, 0.25) is 0 Å². The minimum Gasteiger partial charge on any atom is -0.489 e. The second kappa shape index (κ2) is 5.59. The van der Waals surface area contributed by atoms with E-state index in [-0.39, 0.29) is 6.10 Å². The Labute approximate surface area is 123 Å². The van der Waals surface area contributed by atoms with Crippen LogP contribution < -0.4 is 4.74 Å². The molecule has 20 heavy (non-hydrogen) atoms. The lowest BCUT2D eigenvalue weighted by Crippen LogP contribution is -2.15. The van der Waals surface area contributed by atoms with E-state index in [0.717, 1.165) is 23.1 Å². The number of rotatable bonds is 4. The molecule has 3 aromatic rings. The van der Waals surface area contributed by atoms with Crippen molar-refractivity contribution in [2.75, 3.05) is 0 Å². The van der Waals surface area contributed by atoms with Gasteiger partial charge in [-0.3, -0.25) is 0 Å². The van der Waals surface area contributed by atoms with Gasteiger partial charge in [0.1, 0.15) is 11.9 Å². The van der Waals surface area contributed by atoms with Crippen molar-refractivity contribution in [3.05, 3.63) is 72.2 Å². The monoisotopic (exact) mass is 284 g/mol. The van der Waals surface area contributed by atoms with Crippen molar-refractivity contribution >= 4 is 22.5 Å². The van der Waals surface area contributed by atoms with Crippen LogP contribution in [0.4, 0.5) is 0 Å². The molecule has 1 unspecified atom stereocenters. The molecule has 3 rings (SSSR count). The first kappa shape index (κ1) is 13.1. The molecule has 1 atom stereocenters. The molecule has 1 aromatic heterocycles. The standard InChI is InChI=1S/C17H15ClNO/c1-12(11-13-5-3-2-4-6-13)20-16-8-7-15(18)17-14(16)9-10-19-17/h2-10,12,19H,1,11H2. The minimum absolute atomic E-state index is 0.142. The summed E-state index contributed by atoms with van der Waals surface area (Å²) in [6.07, 6.45) is 2.49. The SMILES string of the molecule is [CH2]C(Cc1ccccc1)Oc1ccc(Cl)c2[nH]ccc12. The molecule has 0 saturated carbocycles. The lowest BCUT2D eigenvalue weighted by molar-refractivity contribution is 0.250. The Bertz CT molecular complexity index is 705. The molecule has 1 N–H and O–H groups in total. The first-order valence-corrected chi connectivity index (χ1v) is 6.91. The molecular formula is C17H15ClNO. The number of hydrogen-bond donors (Lipinski definition) is 1. The number of aromatic nitrogens is 1. The zero-order valence-corrected chi connectivity index (χ0v) is 11.7. The molecule has 0 fully saturated rings. The molecule has 0 aliphatic carbocycles. The van der Waals surface area contributed by atoms with Gasteiger partial charge >= 0.3 is 0 Å². The van der Waals surface area contributed by atoms with Gasteiger partial charge in [0.25, 0.3) is 0 Å². The highest BCUT2D eigenvalue weighted by Crippen LogP contribution is 2.31. The second-order valence-corrected chi connectivity index (χ2v) is 5.15. The van der Waals surface area contributed by atoms with E-state index in [1.165, 1.54) is 5.56 Å². The van der Waals surface area contributed by atoms with Crippen LogP contribution in [0.2, 0.25) is 5.02 Å². The Kier molecular flexibility index (Phi) is 3.66. The summed E-state index contributed by atoms with van der Waals surface area (Å²) in [7, 11) is 0. The maximum atomic E-state index is 6.13. The van der Waals surface area contributed by atoms with Crippen molar-refractivity contribution in [2.45, 2.75) is 12.5 Å². The van der Waals surface area contributed by atoms with Crippen molar-refractivity contribution in [3.63, 3.8) is 0 Å². The van der Waals surface area contributed by atoms with Crippen molar-refractivity contribution in [1.82, 2.24) is 4.98 Å². The van der Waals surface area contributed by atoms with Gasteiger partial charge in [-0.2, -0.15) is 0 Å². The van der Waals surface area contributed by atoms with Crippen molar-refractivity contribution in [1.29, 1.82) is 0 Å². The topological polar surface area (TPSA) is 25.0 Å². The van der Waals surface area contributed by atoms with Crippen LogP contribution in [0.15, 0.2) is 54.7 Å². The number of fused-ring (bicyclic) bond motifs is 1. The maximum absolute atomic E-state index is 6.13. The third kappa shape index (κ3) is 2.66. The number of halogens is 1. The molecule has 0 spiro atoms. The Morgan fingerprint density at radius 3 is 2.70 bits per heavy atom. The fourth-order valence-corrected chi connectivity index (χ4v) is 2.51. The van der Waals surface area contributed by atoms with E-state index < -0.39 is 0 Å². The number of hydrogen-bond acceptors (Lipinski definition) is 1. The Morgan fingerprint density at radius 1 is 1.10 bits per heavy atom. The fourth-order valence-electron chi connectivity index (χ4n) is 2.30. The van der Waals surface area contributed by atoms with E-state index in [2.05, 4.69) is 24.0 Å². The molecule has 0 aliphatic heterocycles. The summed E-state index contributed by atoms with van der Waals surface area (Å²) in [5, 5.41) is 1.68. The van der Waals surface area contributed by atoms with Gasteiger partial charge in [0.15, 0.2) is 0 Å². The molecule has 0 aliphatic rings. The van der Waals surface area contributed by atoms with Gasteiger partial charge in [-0.25, -0.2) is 0 Å². The predicted molar refractivity (Wildman–Crippen MR) is 83.2 cm³/mol. The van der Waals surface area contributed by atoms with E-state index >= 15 is 0 Å². The van der Waals surface area contributed by atoms with Crippen LogP contribution in [-0.4, -0.2) is 11.1 Å². The number of ether oxygens (including phenoxy) is 1. The van der Waals surface area contributed by atoms with Gasteiger partial charge in [0.05, 0.1) is 10.5 Å². The fraction of sp³-hybridized carbons (Fsp3) is 0.118. The highest BCUT2D eigenvalue weighted by Gasteiger charge is 2.10. The number of aromatic amines is 1. The first-order chi connectivity index (χ1) is 9.74. The highest BCUT2D eigenvalue weighted by molar-refractivity contribution is 6.35. The third-order valence-corrected chi connectivity index (χ3v) is 3.55. The van der Waals surface area contributed by atoms with E-state index in [0.29, 0.717) is 5.02 Å². The first-order valence-electron chi connectivity index (χ1n) is 6.53. The molecule has 1 heterocycles. The Balaban J connectivity index is 1.79. The van der Waals surface area contributed by atoms with Crippen LogP contribution in [0.25, 0.3) is 10.9 Å². The summed E-state index contributed by atoms with van der Waals surface area (Å²) in [4.78, 5) is 3.12.